The van der Waals surface area contributed by atoms with Gasteiger partial charge in [0.05, 0.1) is 6.20 Å². The first kappa shape index (κ1) is 18.0. The second-order valence-corrected chi connectivity index (χ2v) is 7.32. The molecule has 1 aromatic carbocycles. The van der Waals surface area contributed by atoms with Gasteiger partial charge in [0, 0.05) is 35.8 Å². The van der Waals surface area contributed by atoms with Gasteiger partial charge in [-0.2, -0.15) is 5.10 Å². The molecule has 0 bridgehead atoms. The summed E-state index contributed by atoms with van der Waals surface area (Å²) in [5, 5.41) is 11.1. The third kappa shape index (κ3) is 3.88. The molecule has 1 heterocycles. The zero-order chi connectivity index (χ0) is 17.9. The van der Waals surface area contributed by atoms with Gasteiger partial charge in [0.25, 0.3) is 0 Å². The smallest absolute Gasteiger partial charge is 0.241 e. The monoisotopic (exact) mass is 360 g/mol. The molecule has 25 heavy (non-hydrogen) atoms. The van der Waals surface area contributed by atoms with Gasteiger partial charge in [-0.25, -0.2) is 0 Å². The Kier molecular flexibility index (Phi) is 5.45. The van der Waals surface area contributed by atoms with Crippen molar-refractivity contribution >= 4 is 17.5 Å². The molecule has 134 valence electrons. The minimum absolute atomic E-state index is 0.0201. The minimum atomic E-state index is -0.397. The van der Waals surface area contributed by atoms with Crippen molar-refractivity contribution in [3.63, 3.8) is 0 Å². The molecule has 5 nitrogen and oxygen atoms in total. The summed E-state index contributed by atoms with van der Waals surface area (Å²) in [5.41, 5.74) is 2.07. The molecule has 2 N–H and O–H groups in total. The van der Waals surface area contributed by atoms with E-state index < -0.39 is 6.04 Å². The number of likely N-dealkylation sites (N-methyl/N-ethyl adjacent to an activating group) is 1. The fourth-order valence-electron chi connectivity index (χ4n) is 3.83. The molecule has 1 saturated carbocycles. The van der Waals surface area contributed by atoms with Crippen molar-refractivity contribution in [3.05, 3.63) is 52.8 Å². The van der Waals surface area contributed by atoms with Gasteiger partial charge in [-0.05, 0) is 37.6 Å². The second kappa shape index (κ2) is 7.58. The van der Waals surface area contributed by atoms with E-state index in [0.29, 0.717) is 6.54 Å². The SMILES string of the molecule is CNC(C(=O)NCC1(c2cccc(Cl)c2)CCCC1)c1cnn(C)c1. The molecule has 1 unspecified atom stereocenters. The molecule has 1 aliphatic carbocycles. The summed E-state index contributed by atoms with van der Waals surface area (Å²) in [4.78, 5) is 12.7. The summed E-state index contributed by atoms with van der Waals surface area (Å²) in [5.74, 6) is -0.0243. The lowest BCUT2D eigenvalue weighted by molar-refractivity contribution is -0.123. The number of halogens is 1. The van der Waals surface area contributed by atoms with Crippen LogP contribution in [0.15, 0.2) is 36.7 Å². The Balaban J connectivity index is 1.74. The van der Waals surface area contributed by atoms with E-state index in [9.17, 15) is 4.79 Å². The first-order valence-electron chi connectivity index (χ1n) is 8.74. The Morgan fingerprint density at radius 2 is 2.16 bits per heavy atom. The number of nitrogens with zero attached hydrogens (tertiary/aromatic N) is 2. The third-order valence-corrected chi connectivity index (χ3v) is 5.44. The van der Waals surface area contributed by atoms with Crippen LogP contribution in [-0.4, -0.2) is 29.3 Å². The summed E-state index contributed by atoms with van der Waals surface area (Å²) < 4.78 is 1.71. The van der Waals surface area contributed by atoms with Crippen LogP contribution >= 0.6 is 11.6 Å². The number of amides is 1. The van der Waals surface area contributed by atoms with Gasteiger partial charge >= 0.3 is 0 Å². The van der Waals surface area contributed by atoms with Gasteiger partial charge in [0.2, 0.25) is 5.91 Å². The zero-order valence-electron chi connectivity index (χ0n) is 14.8. The van der Waals surface area contributed by atoms with Crippen LogP contribution < -0.4 is 10.6 Å². The second-order valence-electron chi connectivity index (χ2n) is 6.88. The average Bonchev–Trinajstić information content (AvgIpc) is 3.24. The summed E-state index contributed by atoms with van der Waals surface area (Å²) in [6.07, 6.45) is 8.10. The number of carbonyl (C=O) groups excluding carboxylic acids is 1. The minimum Gasteiger partial charge on any atom is -0.354 e. The van der Waals surface area contributed by atoms with Crippen LogP contribution in [-0.2, 0) is 17.3 Å². The lowest BCUT2D eigenvalue weighted by Crippen LogP contribution is -2.43. The van der Waals surface area contributed by atoms with Gasteiger partial charge in [-0.3, -0.25) is 9.48 Å². The van der Waals surface area contributed by atoms with Gasteiger partial charge in [-0.1, -0.05) is 36.6 Å². The first-order valence-corrected chi connectivity index (χ1v) is 9.11. The predicted octanol–water partition coefficient (Wildman–Crippen LogP) is 2.96. The molecule has 1 aromatic heterocycles. The number of carbonyl (C=O) groups is 1. The molecule has 1 fully saturated rings. The zero-order valence-corrected chi connectivity index (χ0v) is 15.5. The standard InChI is InChI=1S/C19H25ClN4O/c1-21-17(14-11-23-24(2)12-14)18(25)22-13-19(8-3-4-9-19)15-6-5-7-16(20)10-15/h5-7,10-12,17,21H,3-4,8-9,13H2,1-2H3,(H,22,25). The number of benzene rings is 1. The van der Waals surface area contributed by atoms with Gasteiger partial charge in [0.15, 0.2) is 0 Å². The lowest BCUT2D eigenvalue weighted by Gasteiger charge is -2.31. The first-order chi connectivity index (χ1) is 12.0. The van der Waals surface area contributed by atoms with E-state index >= 15 is 0 Å². The lowest BCUT2D eigenvalue weighted by atomic mass is 9.78. The van der Waals surface area contributed by atoms with Gasteiger partial charge in [-0.15, -0.1) is 0 Å². The number of hydrogen-bond acceptors (Lipinski definition) is 3. The van der Waals surface area contributed by atoms with Crippen molar-refractivity contribution in [2.75, 3.05) is 13.6 Å². The maximum atomic E-state index is 12.7. The number of rotatable bonds is 6. The molecule has 1 aliphatic rings. The Morgan fingerprint density at radius 1 is 1.40 bits per heavy atom. The number of nitrogens with one attached hydrogen (secondary N) is 2. The summed E-state index contributed by atoms with van der Waals surface area (Å²) in [6, 6.07) is 7.65. The Morgan fingerprint density at radius 3 is 2.76 bits per heavy atom. The van der Waals surface area contributed by atoms with Crippen LogP contribution in [0.3, 0.4) is 0 Å². The molecular weight excluding hydrogens is 336 g/mol. The highest BCUT2D eigenvalue weighted by molar-refractivity contribution is 6.30. The Labute approximate surface area is 153 Å². The van der Waals surface area contributed by atoms with E-state index in [1.165, 1.54) is 18.4 Å². The molecule has 1 amide bonds. The largest absolute Gasteiger partial charge is 0.354 e. The maximum absolute atomic E-state index is 12.7. The van der Waals surface area contributed by atoms with Crippen LogP contribution in [0.5, 0.6) is 0 Å². The Bertz CT molecular complexity index is 737. The van der Waals surface area contributed by atoms with Crippen molar-refractivity contribution in [1.82, 2.24) is 20.4 Å². The highest BCUT2D eigenvalue weighted by Gasteiger charge is 2.36. The van der Waals surface area contributed by atoms with Crippen molar-refractivity contribution < 1.29 is 4.79 Å². The van der Waals surface area contributed by atoms with Crippen LogP contribution in [0.1, 0.15) is 42.9 Å². The van der Waals surface area contributed by atoms with E-state index in [-0.39, 0.29) is 11.3 Å². The fraction of sp³-hybridized carbons (Fsp3) is 0.474. The number of aromatic nitrogens is 2. The molecule has 6 heteroatoms. The van der Waals surface area contributed by atoms with E-state index in [1.807, 2.05) is 31.4 Å². The van der Waals surface area contributed by atoms with E-state index in [4.69, 9.17) is 11.6 Å². The van der Waals surface area contributed by atoms with Crippen molar-refractivity contribution in [1.29, 1.82) is 0 Å². The molecular formula is C19H25ClN4O. The average molecular weight is 361 g/mol. The van der Waals surface area contributed by atoms with E-state index in [0.717, 1.165) is 23.4 Å². The topological polar surface area (TPSA) is 59.0 Å². The van der Waals surface area contributed by atoms with E-state index in [2.05, 4.69) is 21.8 Å². The van der Waals surface area contributed by atoms with Crippen LogP contribution in [0.4, 0.5) is 0 Å². The maximum Gasteiger partial charge on any atom is 0.241 e. The summed E-state index contributed by atoms with van der Waals surface area (Å²) in [7, 11) is 3.64. The quantitative estimate of drug-likeness (QED) is 0.832. The van der Waals surface area contributed by atoms with E-state index in [1.54, 1.807) is 17.9 Å². The fourth-order valence-corrected chi connectivity index (χ4v) is 4.02. The molecule has 0 aliphatic heterocycles. The van der Waals surface area contributed by atoms with Crippen molar-refractivity contribution in [2.45, 2.75) is 37.1 Å². The number of aryl methyl sites for hydroxylation is 1. The van der Waals surface area contributed by atoms with Crippen LogP contribution in [0, 0.1) is 0 Å². The normalized spacial score (nSPS) is 17.4. The highest BCUT2D eigenvalue weighted by atomic mass is 35.5. The molecule has 1 atom stereocenters. The van der Waals surface area contributed by atoms with Crippen molar-refractivity contribution in [2.24, 2.45) is 7.05 Å². The molecule has 2 aromatic rings. The Hall–Kier alpha value is -1.85. The van der Waals surface area contributed by atoms with Crippen LogP contribution in [0.2, 0.25) is 5.02 Å². The molecule has 0 radical (unpaired) electrons. The molecule has 0 saturated heterocycles. The van der Waals surface area contributed by atoms with Gasteiger partial charge in [0.1, 0.15) is 6.04 Å². The summed E-state index contributed by atoms with van der Waals surface area (Å²) in [6.45, 7) is 0.630. The predicted molar refractivity (Wildman–Crippen MR) is 99.6 cm³/mol. The van der Waals surface area contributed by atoms with Crippen LogP contribution in [0.25, 0.3) is 0 Å². The summed E-state index contributed by atoms with van der Waals surface area (Å²) >= 11 is 6.20. The molecule has 3 rings (SSSR count). The van der Waals surface area contributed by atoms with Crippen molar-refractivity contribution in [3.8, 4) is 0 Å². The highest BCUT2D eigenvalue weighted by Crippen LogP contribution is 2.41. The third-order valence-electron chi connectivity index (χ3n) is 5.21. The number of hydrogen-bond donors (Lipinski definition) is 2. The van der Waals surface area contributed by atoms with Gasteiger partial charge < -0.3 is 10.6 Å². The molecule has 0 spiro atoms.